The second-order valence-electron chi connectivity index (χ2n) is 5.15. The second kappa shape index (κ2) is 5.68. The Bertz CT molecular complexity index is 674. The van der Waals surface area contributed by atoms with Gasteiger partial charge in [-0.15, -0.1) is 0 Å². The first-order valence-electron chi connectivity index (χ1n) is 6.81. The van der Waals surface area contributed by atoms with Crippen LogP contribution in [0.5, 0.6) is 0 Å². The standard InChI is InChI=1S/C12H17N7OS/c1-18-10(16-17-12(18)21)8-3-2-4-19(7-8)11(20)15-9-5-13-14-6-9/h5-6,8H,2-4,7H2,1H3,(H,13,14)(H,15,20)(H,17,21)/t8-/m0/s1. The number of amides is 2. The number of hydrogen-bond donors (Lipinski definition) is 3. The van der Waals surface area contributed by atoms with Crippen LogP contribution in [0.4, 0.5) is 10.5 Å². The highest BCUT2D eigenvalue weighted by Crippen LogP contribution is 2.25. The molecule has 2 aromatic rings. The Morgan fingerprint density at radius 1 is 1.57 bits per heavy atom. The topological polar surface area (TPSA) is 94.6 Å². The van der Waals surface area contributed by atoms with E-state index >= 15 is 0 Å². The number of anilines is 1. The van der Waals surface area contributed by atoms with Crippen molar-refractivity contribution in [1.29, 1.82) is 0 Å². The molecule has 3 heterocycles. The zero-order valence-corrected chi connectivity index (χ0v) is 12.5. The van der Waals surface area contributed by atoms with Gasteiger partial charge in [0.25, 0.3) is 0 Å². The average molecular weight is 307 g/mol. The highest BCUT2D eigenvalue weighted by molar-refractivity contribution is 7.71. The summed E-state index contributed by atoms with van der Waals surface area (Å²) in [5.41, 5.74) is 0.667. The first-order valence-corrected chi connectivity index (χ1v) is 7.22. The van der Waals surface area contributed by atoms with Gasteiger partial charge >= 0.3 is 6.03 Å². The number of nitrogens with zero attached hydrogens (tertiary/aromatic N) is 4. The Balaban J connectivity index is 1.69. The highest BCUT2D eigenvalue weighted by atomic mass is 32.1. The number of carbonyl (C=O) groups excluding carboxylic acids is 1. The molecular weight excluding hydrogens is 290 g/mol. The van der Waals surface area contributed by atoms with Crippen molar-refractivity contribution in [3.05, 3.63) is 23.0 Å². The minimum absolute atomic E-state index is 0.113. The molecule has 9 heteroatoms. The molecule has 1 saturated heterocycles. The number of aromatic amines is 2. The Morgan fingerprint density at radius 2 is 2.43 bits per heavy atom. The fraction of sp³-hybridized carbons (Fsp3) is 0.500. The maximum Gasteiger partial charge on any atom is 0.321 e. The van der Waals surface area contributed by atoms with Gasteiger partial charge in [-0.25, -0.2) is 4.79 Å². The molecule has 1 fully saturated rings. The summed E-state index contributed by atoms with van der Waals surface area (Å²) in [7, 11) is 1.89. The third-order valence-electron chi connectivity index (χ3n) is 3.74. The fourth-order valence-electron chi connectivity index (χ4n) is 2.62. The number of likely N-dealkylation sites (tertiary alicyclic amines) is 1. The Labute approximate surface area is 126 Å². The largest absolute Gasteiger partial charge is 0.324 e. The molecule has 3 rings (SSSR count). The number of hydrogen-bond acceptors (Lipinski definition) is 4. The van der Waals surface area contributed by atoms with E-state index in [-0.39, 0.29) is 11.9 Å². The lowest BCUT2D eigenvalue weighted by Gasteiger charge is -2.32. The van der Waals surface area contributed by atoms with Gasteiger partial charge in [-0.3, -0.25) is 10.2 Å². The molecule has 2 amide bonds. The van der Waals surface area contributed by atoms with E-state index in [4.69, 9.17) is 12.2 Å². The minimum atomic E-state index is -0.113. The molecule has 8 nitrogen and oxygen atoms in total. The molecule has 3 N–H and O–H groups in total. The lowest BCUT2D eigenvalue weighted by Crippen LogP contribution is -2.42. The predicted molar refractivity (Wildman–Crippen MR) is 79.5 cm³/mol. The van der Waals surface area contributed by atoms with Gasteiger partial charge in [0.2, 0.25) is 0 Å². The van der Waals surface area contributed by atoms with Crippen molar-refractivity contribution >= 4 is 23.9 Å². The van der Waals surface area contributed by atoms with Crippen LogP contribution < -0.4 is 5.32 Å². The van der Waals surface area contributed by atoms with Crippen molar-refractivity contribution in [2.24, 2.45) is 7.05 Å². The second-order valence-corrected chi connectivity index (χ2v) is 5.53. The van der Waals surface area contributed by atoms with E-state index in [0.717, 1.165) is 25.2 Å². The Morgan fingerprint density at radius 3 is 3.10 bits per heavy atom. The van der Waals surface area contributed by atoms with Crippen LogP contribution in [-0.2, 0) is 7.05 Å². The van der Waals surface area contributed by atoms with E-state index in [2.05, 4.69) is 25.7 Å². The van der Waals surface area contributed by atoms with Crippen LogP contribution in [0.1, 0.15) is 24.6 Å². The number of rotatable bonds is 2. The molecule has 1 atom stereocenters. The molecule has 0 spiro atoms. The minimum Gasteiger partial charge on any atom is -0.324 e. The van der Waals surface area contributed by atoms with Crippen LogP contribution >= 0.6 is 12.2 Å². The van der Waals surface area contributed by atoms with Gasteiger partial charge in [-0.2, -0.15) is 10.2 Å². The molecule has 0 aliphatic carbocycles. The summed E-state index contributed by atoms with van der Waals surface area (Å²) in [4.78, 5) is 14.1. The molecule has 0 aromatic carbocycles. The van der Waals surface area contributed by atoms with E-state index in [9.17, 15) is 4.79 Å². The molecule has 1 aliphatic rings. The fourth-order valence-corrected chi connectivity index (χ4v) is 2.76. The average Bonchev–Trinajstić information content (AvgIpc) is 3.11. The summed E-state index contributed by atoms with van der Waals surface area (Å²) in [6.07, 6.45) is 5.18. The van der Waals surface area contributed by atoms with Crippen LogP contribution in [0.25, 0.3) is 0 Å². The van der Waals surface area contributed by atoms with E-state index in [1.54, 1.807) is 17.3 Å². The van der Waals surface area contributed by atoms with Crippen LogP contribution in [0.3, 0.4) is 0 Å². The number of nitrogens with one attached hydrogen (secondary N) is 3. The number of urea groups is 1. The van der Waals surface area contributed by atoms with Crippen molar-refractivity contribution in [3.8, 4) is 0 Å². The number of piperidine rings is 1. The molecule has 1 aliphatic heterocycles. The zero-order chi connectivity index (χ0) is 14.8. The summed E-state index contributed by atoms with van der Waals surface area (Å²) >= 11 is 5.14. The quantitative estimate of drug-likeness (QED) is 0.735. The maximum atomic E-state index is 12.3. The van der Waals surface area contributed by atoms with Gasteiger partial charge < -0.3 is 14.8 Å². The first-order chi connectivity index (χ1) is 10.1. The van der Waals surface area contributed by atoms with Gasteiger partial charge in [0.1, 0.15) is 5.82 Å². The highest BCUT2D eigenvalue weighted by Gasteiger charge is 2.27. The van der Waals surface area contributed by atoms with Gasteiger partial charge in [0.05, 0.1) is 11.9 Å². The van der Waals surface area contributed by atoms with E-state index in [1.165, 1.54) is 0 Å². The van der Waals surface area contributed by atoms with Crippen LogP contribution in [0, 0.1) is 4.77 Å². The van der Waals surface area contributed by atoms with Crippen molar-refractivity contribution in [2.45, 2.75) is 18.8 Å². The van der Waals surface area contributed by atoms with E-state index < -0.39 is 0 Å². The van der Waals surface area contributed by atoms with Gasteiger partial charge in [0.15, 0.2) is 4.77 Å². The maximum absolute atomic E-state index is 12.3. The molecule has 0 radical (unpaired) electrons. The molecule has 2 aromatic heterocycles. The van der Waals surface area contributed by atoms with Crippen molar-refractivity contribution in [1.82, 2.24) is 29.9 Å². The number of aromatic nitrogens is 5. The molecule has 0 unspecified atom stereocenters. The predicted octanol–water partition coefficient (Wildman–Crippen LogP) is 1.61. The number of H-pyrrole nitrogens is 2. The zero-order valence-electron chi connectivity index (χ0n) is 11.7. The summed E-state index contributed by atoms with van der Waals surface area (Å²) in [5, 5.41) is 16.4. The monoisotopic (exact) mass is 307 g/mol. The first kappa shape index (κ1) is 13.8. The smallest absolute Gasteiger partial charge is 0.321 e. The van der Waals surface area contributed by atoms with Gasteiger partial charge in [-0.05, 0) is 25.1 Å². The van der Waals surface area contributed by atoms with Gasteiger partial charge in [-0.1, -0.05) is 0 Å². The molecule has 0 saturated carbocycles. The van der Waals surface area contributed by atoms with E-state index in [1.807, 2.05) is 11.6 Å². The van der Waals surface area contributed by atoms with Crippen molar-refractivity contribution in [2.75, 3.05) is 18.4 Å². The summed E-state index contributed by atoms with van der Waals surface area (Å²) in [6, 6.07) is -0.113. The van der Waals surface area contributed by atoms with Crippen LogP contribution in [0.15, 0.2) is 12.4 Å². The lowest BCUT2D eigenvalue weighted by molar-refractivity contribution is 0.190. The summed E-state index contributed by atoms with van der Waals surface area (Å²) < 4.78 is 2.47. The normalized spacial score (nSPS) is 18.7. The Hall–Kier alpha value is -2.16. The van der Waals surface area contributed by atoms with Crippen molar-refractivity contribution < 1.29 is 4.79 Å². The third kappa shape index (κ3) is 2.82. The SMILES string of the molecule is Cn1c([C@H]2CCCN(C(=O)Nc3cn[nH]c3)C2)n[nH]c1=S. The Kier molecular flexibility index (Phi) is 3.74. The molecule has 112 valence electrons. The number of carbonyl (C=O) groups is 1. The van der Waals surface area contributed by atoms with Crippen molar-refractivity contribution in [3.63, 3.8) is 0 Å². The lowest BCUT2D eigenvalue weighted by atomic mass is 9.97. The van der Waals surface area contributed by atoms with Crippen LogP contribution in [-0.4, -0.2) is 49.0 Å². The van der Waals surface area contributed by atoms with Crippen LogP contribution in [0.2, 0.25) is 0 Å². The summed E-state index contributed by atoms with van der Waals surface area (Å²) in [5.74, 6) is 1.10. The van der Waals surface area contributed by atoms with E-state index in [0.29, 0.717) is 17.0 Å². The summed E-state index contributed by atoms with van der Waals surface area (Å²) in [6.45, 7) is 1.38. The molecule has 0 bridgehead atoms. The molecule has 21 heavy (non-hydrogen) atoms. The van der Waals surface area contributed by atoms with Gasteiger partial charge in [0, 0.05) is 32.3 Å². The molecular formula is C12H17N7OS. The third-order valence-corrected chi connectivity index (χ3v) is 4.10.